The Morgan fingerprint density at radius 3 is 2.27 bits per heavy atom. The summed E-state index contributed by atoms with van der Waals surface area (Å²) in [5, 5.41) is 5.50. The lowest BCUT2D eigenvalue weighted by molar-refractivity contribution is 0.0516. The Morgan fingerprint density at radius 1 is 1.08 bits per heavy atom. The van der Waals surface area contributed by atoms with Gasteiger partial charge in [0.1, 0.15) is 5.69 Å². The van der Waals surface area contributed by atoms with Gasteiger partial charge in [-0.15, -0.1) is 0 Å². The van der Waals surface area contributed by atoms with E-state index in [1.807, 2.05) is 31.2 Å². The molecule has 7 heteroatoms. The molecule has 0 bridgehead atoms. The monoisotopic (exact) mass is 408 g/mol. The molecule has 3 rings (SSSR count). The van der Waals surface area contributed by atoms with Crippen LogP contribution < -0.4 is 0 Å². The van der Waals surface area contributed by atoms with Crippen molar-refractivity contribution < 1.29 is 9.53 Å². The molecule has 1 heterocycles. The molecule has 0 saturated heterocycles. The number of nitrogens with zero attached hydrogens (tertiary/aromatic N) is 2. The van der Waals surface area contributed by atoms with E-state index in [2.05, 4.69) is 5.10 Å². The van der Waals surface area contributed by atoms with Crippen molar-refractivity contribution >= 4 is 40.8 Å². The van der Waals surface area contributed by atoms with E-state index >= 15 is 0 Å². The van der Waals surface area contributed by atoms with E-state index in [9.17, 15) is 4.79 Å². The number of esters is 1. The van der Waals surface area contributed by atoms with Crippen LogP contribution in [0.3, 0.4) is 0 Å². The molecular weight excluding hydrogens is 395 g/mol. The van der Waals surface area contributed by atoms with Gasteiger partial charge in [0.2, 0.25) is 0 Å². The Morgan fingerprint density at radius 2 is 1.69 bits per heavy atom. The largest absolute Gasteiger partial charge is 0.461 e. The number of ether oxygens (including phenoxy) is 1. The lowest BCUT2D eigenvalue weighted by Gasteiger charge is -2.11. The molecule has 0 aliphatic rings. The molecule has 0 unspecified atom stereocenters. The highest BCUT2D eigenvalue weighted by Gasteiger charge is 2.22. The van der Waals surface area contributed by atoms with Crippen LogP contribution in [0, 0.1) is 6.92 Å². The van der Waals surface area contributed by atoms with Crippen molar-refractivity contribution in [2.24, 2.45) is 0 Å². The van der Waals surface area contributed by atoms with Gasteiger partial charge >= 0.3 is 5.97 Å². The van der Waals surface area contributed by atoms with Crippen molar-refractivity contribution in [1.29, 1.82) is 0 Å². The van der Waals surface area contributed by atoms with Gasteiger partial charge in [-0.1, -0.05) is 64.6 Å². The summed E-state index contributed by atoms with van der Waals surface area (Å²) in [5.41, 5.74) is 3.20. The Labute approximate surface area is 166 Å². The highest BCUT2D eigenvalue weighted by molar-refractivity contribution is 6.40. The van der Waals surface area contributed by atoms with Gasteiger partial charge in [-0.05, 0) is 32.0 Å². The Kier molecular flexibility index (Phi) is 5.56. The smallest absolute Gasteiger partial charge is 0.357 e. The number of carbonyl (C=O) groups excluding carboxylic acids is 1. The summed E-state index contributed by atoms with van der Waals surface area (Å²) in [7, 11) is 0. The van der Waals surface area contributed by atoms with Crippen LogP contribution in [0.25, 0.3) is 16.9 Å². The fourth-order valence-electron chi connectivity index (χ4n) is 2.50. The Hall–Kier alpha value is -2.01. The summed E-state index contributed by atoms with van der Waals surface area (Å²) < 4.78 is 6.55. The molecule has 0 atom stereocenters. The highest BCUT2D eigenvalue weighted by atomic mass is 35.5. The summed E-state index contributed by atoms with van der Waals surface area (Å²) >= 11 is 18.6. The van der Waals surface area contributed by atoms with Gasteiger partial charge in [-0.25, -0.2) is 9.48 Å². The van der Waals surface area contributed by atoms with Gasteiger partial charge in [0.25, 0.3) is 0 Å². The number of aromatic nitrogens is 2. The van der Waals surface area contributed by atoms with E-state index in [0.717, 1.165) is 11.1 Å². The van der Waals surface area contributed by atoms with Crippen LogP contribution in [0.2, 0.25) is 15.1 Å². The standard InChI is InChI=1S/C19H15Cl3N2O2/c1-3-26-19(25)17-10-16(12-6-4-11(2)5-7-12)23-24(17)18-14(21)8-13(20)9-15(18)22/h4-10H,3H2,1-2H3. The van der Waals surface area contributed by atoms with Crippen molar-refractivity contribution in [3.05, 3.63) is 68.8 Å². The van der Waals surface area contributed by atoms with E-state index < -0.39 is 5.97 Å². The number of carbonyl (C=O) groups is 1. The van der Waals surface area contributed by atoms with Crippen molar-refractivity contribution in [3.8, 4) is 16.9 Å². The predicted octanol–water partition coefficient (Wildman–Crippen LogP) is 5.98. The van der Waals surface area contributed by atoms with Crippen molar-refractivity contribution in [3.63, 3.8) is 0 Å². The van der Waals surface area contributed by atoms with Gasteiger partial charge in [0.15, 0.2) is 5.69 Å². The van der Waals surface area contributed by atoms with Gasteiger partial charge in [0.05, 0.1) is 22.3 Å². The van der Waals surface area contributed by atoms with Crippen molar-refractivity contribution in [1.82, 2.24) is 9.78 Å². The molecule has 0 saturated carbocycles. The second-order valence-electron chi connectivity index (χ2n) is 5.63. The van der Waals surface area contributed by atoms with Crippen LogP contribution >= 0.6 is 34.8 Å². The lowest BCUT2D eigenvalue weighted by Crippen LogP contribution is -2.12. The first-order chi connectivity index (χ1) is 12.4. The minimum Gasteiger partial charge on any atom is -0.461 e. The normalized spacial score (nSPS) is 10.8. The first-order valence-corrected chi connectivity index (χ1v) is 9.03. The molecule has 2 aromatic carbocycles. The molecule has 4 nitrogen and oxygen atoms in total. The molecular formula is C19H15Cl3N2O2. The Balaban J connectivity index is 2.20. The van der Waals surface area contributed by atoms with Crippen molar-refractivity contribution in [2.45, 2.75) is 13.8 Å². The average Bonchev–Trinajstić information content (AvgIpc) is 3.00. The van der Waals surface area contributed by atoms with Gasteiger partial charge in [0, 0.05) is 10.6 Å². The topological polar surface area (TPSA) is 44.1 Å². The third-order valence-corrected chi connectivity index (χ3v) is 4.53. The van der Waals surface area contributed by atoms with E-state index in [4.69, 9.17) is 39.5 Å². The average molecular weight is 410 g/mol. The summed E-state index contributed by atoms with van der Waals surface area (Å²) in [6.45, 7) is 3.98. The molecule has 0 aliphatic heterocycles. The number of rotatable bonds is 4. The van der Waals surface area contributed by atoms with Crippen LogP contribution in [0.1, 0.15) is 23.0 Å². The van der Waals surface area contributed by atoms with Gasteiger partial charge in [-0.2, -0.15) is 5.10 Å². The summed E-state index contributed by atoms with van der Waals surface area (Å²) in [6, 6.07) is 12.6. The van der Waals surface area contributed by atoms with Crippen LogP contribution in [-0.4, -0.2) is 22.4 Å². The maximum absolute atomic E-state index is 12.4. The molecule has 0 amide bonds. The molecule has 26 heavy (non-hydrogen) atoms. The summed E-state index contributed by atoms with van der Waals surface area (Å²) in [4.78, 5) is 12.4. The van der Waals surface area contributed by atoms with E-state index in [1.54, 1.807) is 25.1 Å². The highest BCUT2D eigenvalue weighted by Crippen LogP contribution is 2.34. The van der Waals surface area contributed by atoms with Gasteiger partial charge in [-0.3, -0.25) is 0 Å². The maximum Gasteiger partial charge on any atom is 0.357 e. The molecule has 0 N–H and O–H groups in total. The van der Waals surface area contributed by atoms with Crippen LogP contribution in [0.15, 0.2) is 42.5 Å². The van der Waals surface area contributed by atoms with E-state index in [0.29, 0.717) is 16.4 Å². The first-order valence-electron chi connectivity index (χ1n) is 7.90. The molecule has 0 fully saturated rings. The van der Waals surface area contributed by atoms with Gasteiger partial charge < -0.3 is 4.74 Å². The SMILES string of the molecule is CCOC(=O)c1cc(-c2ccc(C)cc2)nn1-c1c(Cl)cc(Cl)cc1Cl. The minimum atomic E-state index is -0.513. The molecule has 1 aromatic heterocycles. The van der Waals surface area contributed by atoms with E-state index in [1.165, 1.54) is 4.68 Å². The first kappa shape index (κ1) is 18.8. The fourth-order valence-corrected chi connectivity index (χ4v) is 3.48. The molecule has 0 radical (unpaired) electrons. The summed E-state index contributed by atoms with van der Waals surface area (Å²) in [5.74, 6) is -0.513. The maximum atomic E-state index is 12.4. The zero-order chi connectivity index (χ0) is 18.8. The number of hydrogen-bond donors (Lipinski definition) is 0. The quantitative estimate of drug-likeness (QED) is 0.497. The lowest BCUT2D eigenvalue weighted by atomic mass is 10.1. The summed E-state index contributed by atoms with van der Waals surface area (Å²) in [6.07, 6.45) is 0. The van der Waals surface area contributed by atoms with Crippen LogP contribution in [0.4, 0.5) is 0 Å². The van der Waals surface area contributed by atoms with Crippen molar-refractivity contribution in [2.75, 3.05) is 6.61 Å². The molecule has 3 aromatic rings. The minimum absolute atomic E-state index is 0.230. The fraction of sp³-hybridized carbons (Fsp3) is 0.158. The molecule has 0 spiro atoms. The second-order valence-corrected chi connectivity index (χ2v) is 6.88. The predicted molar refractivity (Wildman–Crippen MR) is 105 cm³/mol. The number of aryl methyl sites for hydroxylation is 1. The zero-order valence-electron chi connectivity index (χ0n) is 14.1. The zero-order valence-corrected chi connectivity index (χ0v) is 16.4. The van der Waals surface area contributed by atoms with Crippen LogP contribution in [0.5, 0.6) is 0 Å². The number of hydrogen-bond acceptors (Lipinski definition) is 3. The Bertz CT molecular complexity index is 942. The third-order valence-electron chi connectivity index (χ3n) is 3.73. The second kappa shape index (κ2) is 7.70. The number of halogens is 3. The molecule has 134 valence electrons. The third kappa shape index (κ3) is 3.73. The van der Waals surface area contributed by atoms with E-state index in [-0.39, 0.29) is 22.3 Å². The number of benzene rings is 2. The molecule has 0 aliphatic carbocycles. The van der Waals surface area contributed by atoms with Crippen LogP contribution in [-0.2, 0) is 4.74 Å².